The molecule has 7 heteroatoms. The largest absolute Gasteiger partial charge is 0.444 e. The van der Waals surface area contributed by atoms with Crippen molar-refractivity contribution in [1.82, 2.24) is 9.78 Å². The minimum absolute atomic E-state index is 0.0396. The molecule has 0 aliphatic rings. The van der Waals surface area contributed by atoms with Gasteiger partial charge in [0, 0.05) is 11.6 Å². The van der Waals surface area contributed by atoms with Gasteiger partial charge in [0.05, 0.1) is 16.9 Å². The molecule has 6 nitrogen and oxygen atoms in total. The highest BCUT2D eigenvalue weighted by atomic mass is 19.1. The molecule has 2 aromatic carbocycles. The van der Waals surface area contributed by atoms with Gasteiger partial charge < -0.3 is 4.74 Å². The third kappa shape index (κ3) is 4.79. The van der Waals surface area contributed by atoms with E-state index in [2.05, 4.69) is 10.4 Å². The van der Waals surface area contributed by atoms with Crippen molar-refractivity contribution in [2.45, 2.75) is 33.3 Å². The van der Waals surface area contributed by atoms with Crippen LogP contribution in [0.3, 0.4) is 0 Å². The average molecular weight is 392 g/mol. The van der Waals surface area contributed by atoms with Crippen LogP contribution in [0.2, 0.25) is 0 Å². The standard InChI is InChI=1S/C22H21FN4O2/c1-14-5-9-17(10-6-14)27-19(15-7-8-16(13-24)18(23)11-15)12-20(26-27)25-21(28)29-22(2,3)4/h5-12H,1-4H3,(H,25,26,28). The molecule has 0 aliphatic carbocycles. The van der Waals surface area contributed by atoms with Gasteiger partial charge in [0.2, 0.25) is 0 Å². The summed E-state index contributed by atoms with van der Waals surface area (Å²) in [6.45, 7) is 7.27. The Kier molecular flexibility index (Phi) is 5.37. The zero-order valence-corrected chi connectivity index (χ0v) is 16.7. The number of amides is 1. The summed E-state index contributed by atoms with van der Waals surface area (Å²) in [6.07, 6.45) is -0.636. The quantitative estimate of drug-likeness (QED) is 0.664. The zero-order chi connectivity index (χ0) is 21.2. The normalized spacial score (nSPS) is 11.0. The molecule has 1 aromatic heterocycles. The van der Waals surface area contributed by atoms with Gasteiger partial charge in [-0.2, -0.15) is 5.26 Å². The van der Waals surface area contributed by atoms with Gasteiger partial charge in [-0.25, -0.2) is 13.9 Å². The van der Waals surface area contributed by atoms with E-state index >= 15 is 0 Å². The molecule has 0 fully saturated rings. The topological polar surface area (TPSA) is 79.9 Å². The minimum Gasteiger partial charge on any atom is -0.444 e. The smallest absolute Gasteiger partial charge is 0.413 e. The van der Waals surface area contributed by atoms with Gasteiger partial charge in [-0.3, -0.25) is 5.32 Å². The Bertz CT molecular complexity index is 1090. The summed E-state index contributed by atoms with van der Waals surface area (Å²) in [5, 5.41) is 16.0. The van der Waals surface area contributed by atoms with Crippen molar-refractivity contribution >= 4 is 11.9 Å². The number of benzene rings is 2. The number of nitriles is 1. The third-order valence-electron chi connectivity index (χ3n) is 4.00. The molecule has 0 spiro atoms. The summed E-state index contributed by atoms with van der Waals surface area (Å²) in [6, 6.07) is 15.4. The maximum Gasteiger partial charge on any atom is 0.413 e. The predicted molar refractivity (Wildman–Crippen MR) is 108 cm³/mol. The van der Waals surface area contributed by atoms with Gasteiger partial charge in [-0.05, 0) is 52.0 Å². The molecular weight excluding hydrogens is 371 g/mol. The van der Waals surface area contributed by atoms with E-state index in [1.165, 1.54) is 12.1 Å². The molecule has 0 bridgehead atoms. The highest BCUT2D eigenvalue weighted by Crippen LogP contribution is 2.28. The van der Waals surface area contributed by atoms with Crippen molar-refractivity contribution in [2.24, 2.45) is 0 Å². The number of ether oxygens (including phenoxy) is 1. The van der Waals surface area contributed by atoms with Crippen LogP contribution in [0, 0.1) is 24.1 Å². The molecule has 0 atom stereocenters. The number of hydrogen-bond acceptors (Lipinski definition) is 4. The number of anilines is 1. The Balaban J connectivity index is 2.04. The van der Waals surface area contributed by atoms with E-state index in [-0.39, 0.29) is 11.4 Å². The summed E-state index contributed by atoms with van der Waals surface area (Å²) < 4.78 is 21.1. The summed E-state index contributed by atoms with van der Waals surface area (Å²) in [7, 11) is 0. The predicted octanol–water partition coefficient (Wildman–Crippen LogP) is 5.21. The van der Waals surface area contributed by atoms with Crippen molar-refractivity contribution in [2.75, 3.05) is 5.32 Å². The summed E-state index contributed by atoms with van der Waals surface area (Å²) in [5.41, 5.74) is 2.21. The van der Waals surface area contributed by atoms with Crippen molar-refractivity contribution in [3.05, 3.63) is 65.5 Å². The van der Waals surface area contributed by atoms with Crippen molar-refractivity contribution in [1.29, 1.82) is 5.26 Å². The molecule has 3 rings (SSSR count). The molecule has 0 aliphatic heterocycles. The first kappa shape index (κ1) is 20.1. The molecule has 0 saturated carbocycles. The second-order valence-electron chi connectivity index (χ2n) is 7.60. The van der Waals surface area contributed by atoms with Crippen LogP contribution >= 0.6 is 0 Å². The highest BCUT2D eigenvalue weighted by molar-refractivity contribution is 5.85. The Morgan fingerprint density at radius 2 is 1.86 bits per heavy atom. The lowest BCUT2D eigenvalue weighted by Gasteiger charge is -2.19. The lowest BCUT2D eigenvalue weighted by atomic mass is 10.1. The molecule has 148 valence electrons. The molecule has 0 radical (unpaired) electrons. The number of halogens is 1. The fraction of sp³-hybridized carbons (Fsp3) is 0.227. The zero-order valence-electron chi connectivity index (χ0n) is 16.7. The number of nitrogens with one attached hydrogen (secondary N) is 1. The Labute approximate surface area is 168 Å². The lowest BCUT2D eigenvalue weighted by molar-refractivity contribution is 0.0635. The number of rotatable bonds is 3. The van der Waals surface area contributed by atoms with E-state index in [1.807, 2.05) is 37.3 Å². The van der Waals surface area contributed by atoms with E-state index in [1.54, 1.807) is 37.6 Å². The maximum atomic E-state index is 14.2. The van der Waals surface area contributed by atoms with E-state index in [0.717, 1.165) is 11.3 Å². The van der Waals surface area contributed by atoms with E-state index in [0.29, 0.717) is 11.3 Å². The second kappa shape index (κ2) is 7.76. The van der Waals surface area contributed by atoms with Crippen molar-refractivity contribution in [3.63, 3.8) is 0 Å². The van der Waals surface area contributed by atoms with Crippen LogP contribution in [0.5, 0.6) is 0 Å². The molecule has 1 heterocycles. The number of nitrogens with zero attached hydrogens (tertiary/aromatic N) is 3. The number of hydrogen-bond donors (Lipinski definition) is 1. The van der Waals surface area contributed by atoms with Crippen LogP contribution in [0.1, 0.15) is 31.9 Å². The molecule has 1 N–H and O–H groups in total. The molecular formula is C22H21FN4O2. The number of carbonyl (C=O) groups is 1. The van der Waals surface area contributed by atoms with Crippen molar-refractivity contribution in [3.8, 4) is 23.0 Å². The van der Waals surface area contributed by atoms with E-state index < -0.39 is 17.5 Å². The van der Waals surface area contributed by atoms with Crippen LogP contribution < -0.4 is 5.32 Å². The first-order valence-corrected chi connectivity index (χ1v) is 9.03. The van der Waals surface area contributed by atoms with Gasteiger partial charge in [-0.1, -0.05) is 23.8 Å². The monoisotopic (exact) mass is 392 g/mol. The van der Waals surface area contributed by atoms with E-state index in [9.17, 15) is 9.18 Å². The number of aryl methyl sites for hydroxylation is 1. The molecule has 3 aromatic rings. The summed E-state index contributed by atoms with van der Waals surface area (Å²) >= 11 is 0. The van der Waals surface area contributed by atoms with Crippen LogP contribution in [0.4, 0.5) is 15.0 Å². The first-order valence-electron chi connectivity index (χ1n) is 9.03. The number of aromatic nitrogens is 2. The molecule has 0 unspecified atom stereocenters. The summed E-state index contributed by atoms with van der Waals surface area (Å²) in [4.78, 5) is 12.1. The molecule has 1 amide bonds. The van der Waals surface area contributed by atoms with Gasteiger partial charge in [0.15, 0.2) is 5.82 Å². The highest BCUT2D eigenvalue weighted by Gasteiger charge is 2.19. The Morgan fingerprint density at radius 3 is 2.45 bits per heavy atom. The molecule has 0 saturated heterocycles. The van der Waals surface area contributed by atoms with Gasteiger partial charge in [-0.15, -0.1) is 5.10 Å². The van der Waals surface area contributed by atoms with Gasteiger partial charge >= 0.3 is 6.09 Å². The summed E-state index contributed by atoms with van der Waals surface area (Å²) in [5.74, 6) is -0.358. The molecule has 29 heavy (non-hydrogen) atoms. The third-order valence-corrected chi connectivity index (χ3v) is 4.00. The van der Waals surface area contributed by atoms with Crippen LogP contribution in [0.25, 0.3) is 16.9 Å². The fourth-order valence-electron chi connectivity index (χ4n) is 2.70. The average Bonchev–Trinajstić information content (AvgIpc) is 3.04. The van der Waals surface area contributed by atoms with Crippen LogP contribution in [0.15, 0.2) is 48.5 Å². The minimum atomic E-state index is -0.650. The fourth-order valence-corrected chi connectivity index (χ4v) is 2.70. The number of carbonyl (C=O) groups excluding carboxylic acids is 1. The second-order valence-corrected chi connectivity index (χ2v) is 7.60. The Morgan fingerprint density at radius 1 is 1.17 bits per heavy atom. The first-order chi connectivity index (χ1) is 13.7. The maximum absolute atomic E-state index is 14.2. The van der Waals surface area contributed by atoms with Crippen LogP contribution in [-0.4, -0.2) is 21.5 Å². The van der Waals surface area contributed by atoms with Gasteiger partial charge in [0.1, 0.15) is 17.5 Å². The lowest BCUT2D eigenvalue weighted by Crippen LogP contribution is -2.27. The van der Waals surface area contributed by atoms with E-state index in [4.69, 9.17) is 10.00 Å². The van der Waals surface area contributed by atoms with Gasteiger partial charge in [0.25, 0.3) is 0 Å². The Hall–Kier alpha value is -3.66. The van der Waals surface area contributed by atoms with Crippen molar-refractivity contribution < 1.29 is 13.9 Å². The SMILES string of the molecule is Cc1ccc(-n2nc(NC(=O)OC(C)(C)C)cc2-c2ccc(C#N)c(F)c2)cc1. The van der Waals surface area contributed by atoms with Crippen LogP contribution in [-0.2, 0) is 4.74 Å².